The van der Waals surface area contributed by atoms with Crippen LogP contribution in [0.5, 0.6) is 5.75 Å². The molecule has 0 aliphatic carbocycles. The van der Waals surface area contributed by atoms with E-state index in [9.17, 15) is 23.7 Å². The highest BCUT2D eigenvalue weighted by Gasteiger charge is 2.34. The molecule has 3 aliphatic heterocycles. The minimum atomic E-state index is -2.92. The van der Waals surface area contributed by atoms with Gasteiger partial charge in [0.25, 0.3) is 5.56 Å². The lowest BCUT2D eigenvalue weighted by Gasteiger charge is -2.43. The number of piperazine rings is 1. The summed E-state index contributed by atoms with van der Waals surface area (Å²) >= 11 is 3.60. The predicted molar refractivity (Wildman–Crippen MR) is 284 cm³/mol. The lowest BCUT2D eigenvalue weighted by Crippen LogP contribution is -2.53. The van der Waals surface area contributed by atoms with Crippen molar-refractivity contribution in [3.05, 3.63) is 91.0 Å². The van der Waals surface area contributed by atoms with Crippen LogP contribution in [0, 0.1) is 5.82 Å². The number of halogens is 2. The number of carbonyl (C=O) groups is 2. The highest BCUT2D eigenvalue weighted by Crippen LogP contribution is 2.42. The first-order valence-corrected chi connectivity index (χ1v) is 28.4. The van der Waals surface area contributed by atoms with Crippen LogP contribution < -0.4 is 42.1 Å². The Morgan fingerprint density at radius 2 is 1.65 bits per heavy atom. The zero-order valence-electron chi connectivity index (χ0n) is 41.8. The van der Waals surface area contributed by atoms with E-state index in [2.05, 4.69) is 75.7 Å². The molecule has 0 bridgehead atoms. The number of hydrogen-bond acceptors (Lipinski definition) is 14. The molecule has 382 valence electrons. The van der Waals surface area contributed by atoms with E-state index in [1.54, 1.807) is 48.5 Å². The van der Waals surface area contributed by atoms with Gasteiger partial charge in [0.15, 0.2) is 0 Å². The van der Waals surface area contributed by atoms with Crippen molar-refractivity contribution in [3.8, 4) is 5.75 Å². The molecular formula is C51H63BrFN12O6P. The fourth-order valence-corrected chi connectivity index (χ4v) is 12.5. The first-order valence-electron chi connectivity index (χ1n) is 25.0. The lowest BCUT2D eigenvalue weighted by molar-refractivity contribution is -0.135. The van der Waals surface area contributed by atoms with E-state index >= 15 is 4.39 Å². The fourth-order valence-electron chi connectivity index (χ4n) is 10.8. The van der Waals surface area contributed by atoms with E-state index in [0.717, 1.165) is 75.5 Å². The van der Waals surface area contributed by atoms with Gasteiger partial charge in [-0.1, -0.05) is 6.92 Å². The number of imidazole rings is 1. The van der Waals surface area contributed by atoms with Gasteiger partial charge in [0, 0.05) is 106 Å². The number of nitrogens with one attached hydrogen (secondary N) is 3. The zero-order valence-corrected chi connectivity index (χ0v) is 44.2. The Bertz CT molecular complexity index is 3230. The van der Waals surface area contributed by atoms with Gasteiger partial charge in [-0.15, -0.1) is 0 Å². The molecule has 21 heteroatoms. The summed E-state index contributed by atoms with van der Waals surface area (Å²) in [5, 5.41) is 15.0. The van der Waals surface area contributed by atoms with Gasteiger partial charge in [-0.25, -0.2) is 18.9 Å². The summed E-state index contributed by atoms with van der Waals surface area (Å²) in [6, 6.07) is 10.3. The topological polar surface area (TPSA) is 194 Å². The third-order valence-corrected chi connectivity index (χ3v) is 16.5. The summed E-state index contributed by atoms with van der Waals surface area (Å²) in [6.45, 7) is 18.3. The van der Waals surface area contributed by atoms with Crippen molar-refractivity contribution in [1.29, 1.82) is 0 Å². The van der Waals surface area contributed by atoms with E-state index in [4.69, 9.17) is 9.72 Å². The minimum Gasteiger partial charge on any atom is -0.492 e. The van der Waals surface area contributed by atoms with Gasteiger partial charge in [-0.05, 0) is 118 Å². The van der Waals surface area contributed by atoms with Crippen molar-refractivity contribution in [1.82, 2.24) is 44.0 Å². The van der Waals surface area contributed by atoms with Crippen LogP contribution in [-0.2, 0) is 40.1 Å². The Morgan fingerprint density at radius 3 is 2.33 bits per heavy atom. The maximum absolute atomic E-state index is 15.6. The van der Waals surface area contributed by atoms with Crippen LogP contribution in [-0.4, -0.2) is 122 Å². The Hall–Kier alpha value is -5.95. The Morgan fingerprint density at radius 1 is 0.889 bits per heavy atom. The van der Waals surface area contributed by atoms with Crippen molar-refractivity contribution in [2.45, 2.75) is 91.4 Å². The van der Waals surface area contributed by atoms with Crippen LogP contribution in [0.3, 0.4) is 0 Å². The monoisotopic (exact) mass is 1070 g/mol. The minimum absolute atomic E-state index is 0.141. The fraction of sp³-hybridized carbons (Fsp3) is 0.471. The van der Waals surface area contributed by atoms with Crippen LogP contribution in [0.25, 0.3) is 21.8 Å². The maximum atomic E-state index is 15.6. The number of aryl methyl sites for hydroxylation is 3. The molecule has 18 nitrogen and oxygen atoms in total. The van der Waals surface area contributed by atoms with E-state index < -0.39 is 19.1 Å². The van der Waals surface area contributed by atoms with Crippen molar-refractivity contribution >= 4 is 90.8 Å². The largest absolute Gasteiger partial charge is 0.492 e. The average molecular weight is 1070 g/mol. The molecule has 3 aromatic carbocycles. The average Bonchev–Trinajstić information content (AvgIpc) is 3.65. The van der Waals surface area contributed by atoms with Gasteiger partial charge >= 0.3 is 5.69 Å². The van der Waals surface area contributed by atoms with E-state index in [1.165, 1.54) is 15.3 Å². The van der Waals surface area contributed by atoms with Crippen LogP contribution in [0.4, 0.5) is 33.2 Å². The number of imide groups is 1. The molecule has 3 aromatic heterocycles. The van der Waals surface area contributed by atoms with E-state index in [1.807, 2.05) is 20.8 Å². The highest BCUT2D eigenvalue weighted by atomic mass is 79.9. The van der Waals surface area contributed by atoms with Gasteiger partial charge < -0.3 is 29.7 Å². The first kappa shape index (κ1) is 51.0. The first-order chi connectivity index (χ1) is 34.6. The molecule has 3 saturated heterocycles. The van der Waals surface area contributed by atoms with Crippen LogP contribution in [0.2, 0.25) is 0 Å². The second kappa shape index (κ2) is 21.3. The van der Waals surface area contributed by atoms with Crippen molar-refractivity contribution in [2.24, 2.45) is 0 Å². The number of fused-ring (bicyclic) bond motifs is 2. The number of hydrogen-bond donors (Lipinski definition) is 3. The molecule has 6 heterocycles. The van der Waals surface area contributed by atoms with Gasteiger partial charge in [0.1, 0.15) is 30.6 Å². The second-order valence-electron chi connectivity index (χ2n) is 19.0. The predicted octanol–water partition coefficient (Wildman–Crippen LogP) is 6.75. The summed E-state index contributed by atoms with van der Waals surface area (Å²) < 4.78 is 40.6. The molecule has 9 rings (SSSR count). The quantitative estimate of drug-likeness (QED) is 0.0681. The van der Waals surface area contributed by atoms with Crippen LogP contribution >= 0.6 is 23.1 Å². The molecule has 0 saturated carbocycles. The molecule has 3 N–H and O–H groups in total. The molecule has 72 heavy (non-hydrogen) atoms. The van der Waals surface area contributed by atoms with Crippen molar-refractivity contribution < 1.29 is 23.3 Å². The molecule has 1 atom stereocenters. The number of ether oxygens (including phenoxy) is 1. The SMILES string of the molecule is CCOc1cc(N2CCC(N3CCN(CCc4c(F)ccc5c4n(CC)c(=O)n5C4CCC(=O)NC4=O)CC3)CC2)c(CC)cc1Nc1ncc(Br)c(Nc2ccc3c(=O)n(CC)ncc3c2P(C)(C)=O)n1. The normalized spacial score (nSPS) is 17.5. The zero-order chi connectivity index (χ0) is 51.0. The van der Waals surface area contributed by atoms with E-state index in [0.29, 0.717) is 99.1 Å². The third kappa shape index (κ3) is 10.1. The molecule has 0 spiro atoms. The van der Waals surface area contributed by atoms with E-state index in [-0.39, 0.29) is 35.8 Å². The van der Waals surface area contributed by atoms with Crippen LogP contribution in [0.1, 0.15) is 70.5 Å². The standard InChI is InChI=1S/C51H63BrFN12O6P/c1-7-31-27-39(57-50-54-30-36(52)47(59-50)56-38-13-11-33-35(46(38)72(5,6)70)29-55-64(9-3)49(33)68)43(71-10-4)28-42(31)62-21-17-32(18-22-62)61-25-23-60(24-26-61)20-19-34-37(53)12-14-40-45(34)63(8-2)51(69)65(40)41-15-16-44(66)58-48(41)67/h11-14,27-30,32,41H,7-10,15-26H2,1-6H3,(H,58,66,67)(H2,54,56,57,59). The van der Waals surface area contributed by atoms with Gasteiger partial charge in [-0.2, -0.15) is 10.1 Å². The smallest absolute Gasteiger partial charge is 0.329 e. The number of aromatic nitrogens is 6. The Kier molecular flexibility index (Phi) is 15.0. The van der Waals surface area contributed by atoms with Gasteiger partial charge in [-0.3, -0.25) is 33.7 Å². The number of rotatable bonds is 16. The number of piperidine rings is 2. The molecule has 6 aromatic rings. The van der Waals surface area contributed by atoms with Crippen LogP contribution in [0.15, 0.2) is 62.9 Å². The number of benzene rings is 3. The Labute approximate surface area is 425 Å². The van der Waals surface area contributed by atoms with Crippen molar-refractivity contribution in [2.75, 3.05) is 81.3 Å². The summed E-state index contributed by atoms with van der Waals surface area (Å²) in [5.74, 6) is 0.231. The molecule has 3 aliphatic rings. The van der Waals surface area contributed by atoms with Gasteiger partial charge in [0.2, 0.25) is 17.8 Å². The number of amides is 2. The second-order valence-corrected chi connectivity index (χ2v) is 23.0. The number of nitrogens with zero attached hydrogens (tertiary/aromatic N) is 9. The summed E-state index contributed by atoms with van der Waals surface area (Å²) in [4.78, 5) is 68.4. The summed E-state index contributed by atoms with van der Waals surface area (Å²) in [7, 11) is -2.92. The Balaban J connectivity index is 0.844. The lowest BCUT2D eigenvalue weighted by atomic mass is 9.99. The summed E-state index contributed by atoms with van der Waals surface area (Å²) in [5.41, 5.74) is 4.51. The third-order valence-electron chi connectivity index (χ3n) is 14.4. The number of carbonyl (C=O) groups excluding carboxylic acids is 2. The molecule has 2 amide bonds. The molecule has 0 radical (unpaired) electrons. The maximum Gasteiger partial charge on any atom is 0.329 e. The summed E-state index contributed by atoms with van der Waals surface area (Å²) in [6.07, 6.45) is 6.87. The highest BCUT2D eigenvalue weighted by molar-refractivity contribution is 9.10. The van der Waals surface area contributed by atoms with Crippen molar-refractivity contribution in [3.63, 3.8) is 0 Å². The number of anilines is 5. The van der Waals surface area contributed by atoms with Gasteiger partial charge in [0.05, 0.1) is 45.1 Å². The molecule has 3 fully saturated rings. The molecule has 1 unspecified atom stereocenters. The molecular weight excluding hydrogens is 1010 g/mol.